The number of hydrogen-bond acceptors (Lipinski definition) is 5. The lowest BCUT2D eigenvalue weighted by atomic mass is 10.1. The van der Waals surface area contributed by atoms with Crippen molar-refractivity contribution < 1.29 is 18.4 Å². The fourth-order valence-corrected chi connectivity index (χ4v) is 2.54. The number of carbonyl (C=O) groups excluding carboxylic acids is 1. The van der Waals surface area contributed by atoms with Crippen LogP contribution in [0.1, 0.15) is 25.8 Å². The van der Waals surface area contributed by atoms with Gasteiger partial charge in [-0.15, -0.1) is 0 Å². The molecule has 136 valence electrons. The summed E-state index contributed by atoms with van der Waals surface area (Å²) in [6.07, 6.45) is 2.29. The standard InChI is InChI=1S/C20H21NO5/c1-4-13(3)21-17(22)11-25-20-18(23)14-8-7-12(2)10-16(14)26-19(20)15-6-5-9-24-15/h5-10,13H,4,11H2,1-3H3,(H,21,22)/t13-/m1/s1. The molecule has 1 aromatic carbocycles. The number of nitrogens with one attached hydrogen (secondary N) is 1. The van der Waals surface area contributed by atoms with Crippen LogP contribution in [0.25, 0.3) is 22.5 Å². The molecule has 3 rings (SSSR count). The third-order valence-corrected chi connectivity index (χ3v) is 4.12. The Balaban J connectivity index is 2.01. The largest absolute Gasteiger partial charge is 0.476 e. The van der Waals surface area contributed by atoms with Gasteiger partial charge in [0, 0.05) is 6.04 Å². The second-order valence-corrected chi connectivity index (χ2v) is 6.23. The van der Waals surface area contributed by atoms with E-state index in [2.05, 4.69) is 5.32 Å². The number of amides is 1. The van der Waals surface area contributed by atoms with Gasteiger partial charge in [0.25, 0.3) is 5.91 Å². The monoisotopic (exact) mass is 355 g/mol. The van der Waals surface area contributed by atoms with E-state index in [4.69, 9.17) is 13.6 Å². The number of ether oxygens (including phenoxy) is 1. The summed E-state index contributed by atoms with van der Waals surface area (Å²) >= 11 is 0. The molecule has 0 spiro atoms. The van der Waals surface area contributed by atoms with Crippen LogP contribution in [0.4, 0.5) is 0 Å². The van der Waals surface area contributed by atoms with Crippen LogP contribution in [0.5, 0.6) is 5.75 Å². The van der Waals surface area contributed by atoms with E-state index in [1.807, 2.05) is 26.8 Å². The van der Waals surface area contributed by atoms with E-state index in [1.165, 1.54) is 6.26 Å². The molecule has 0 aliphatic heterocycles. The molecule has 2 heterocycles. The molecule has 2 aromatic heterocycles. The van der Waals surface area contributed by atoms with Crippen molar-refractivity contribution in [3.8, 4) is 17.3 Å². The number of aryl methyl sites for hydroxylation is 1. The Hall–Kier alpha value is -3.02. The molecular weight excluding hydrogens is 334 g/mol. The maximum Gasteiger partial charge on any atom is 0.258 e. The number of benzene rings is 1. The molecule has 6 nitrogen and oxygen atoms in total. The number of rotatable bonds is 6. The van der Waals surface area contributed by atoms with Crippen molar-refractivity contribution in [3.05, 3.63) is 52.4 Å². The van der Waals surface area contributed by atoms with Gasteiger partial charge in [-0.2, -0.15) is 0 Å². The maximum absolute atomic E-state index is 12.9. The van der Waals surface area contributed by atoms with Crippen LogP contribution in [-0.2, 0) is 4.79 Å². The Kier molecular flexibility index (Phi) is 5.11. The lowest BCUT2D eigenvalue weighted by molar-refractivity contribution is -0.123. The molecular formula is C20H21NO5. The van der Waals surface area contributed by atoms with Crippen LogP contribution in [-0.4, -0.2) is 18.6 Å². The lowest BCUT2D eigenvalue weighted by Gasteiger charge is -2.13. The van der Waals surface area contributed by atoms with E-state index in [0.717, 1.165) is 12.0 Å². The summed E-state index contributed by atoms with van der Waals surface area (Å²) in [6, 6.07) is 8.69. The smallest absolute Gasteiger partial charge is 0.258 e. The highest BCUT2D eigenvalue weighted by Gasteiger charge is 2.20. The molecule has 0 bridgehead atoms. The number of fused-ring (bicyclic) bond motifs is 1. The molecule has 0 aliphatic rings. The Morgan fingerprint density at radius 3 is 2.81 bits per heavy atom. The van der Waals surface area contributed by atoms with Crippen LogP contribution < -0.4 is 15.5 Å². The van der Waals surface area contributed by atoms with E-state index < -0.39 is 0 Å². The van der Waals surface area contributed by atoms with Crippen molar-refractivity contribution in [2.24, 2.45) is 0 Å². The van der Waals surface area contributed by atoms with Crippen molar-refractivity contribution >= 4 is 16.9 Å². The summed E-state index contributed by atoms with van der Waals surface area (Å²) in [7, 11) is 0. The third kappa shape index (κ3) is 3.64. The lowest BCUT2D eigenvalue weighted by Crippen LogP contribution is -2.36. The molecule has 0 fully saturated rings. The molecule has 1 N–H and O–H groups in total. The van der Waals surface area contributed by atoms with Gasteiger partial charge in [0.1, 0.15) is 5.58 Å². The van der Waals surface area contributed by atoms with Gasteiger partial charge in [0.15, 0.2) is 12.4 Å². The van der Waals surface area contributed by atoms with Gasteiger partial charge >= 0.3 is 0 Å². The normalized spacial score (nSPS) is 12.1. The van der Waals surface area contributed by atoms with Crippen molar-refractivity contribution in [2.45, 2.75) is 33.2 Å². The quantitative estimate of drug-likeness (QED) is 0.730. The summed E-state index contributed by atoms with van der Waals surface area (Å²) in [5.41, 5.74) is 1.07. The first-order valence-corrected chi connectivity index (χ1v) is 8.53. The minimum atomic E-state index is -0.339. The molecule has 0 saturated heterocycles. The zero-order valence-corrected chi connectivity index (χ0v) is 15.0. The average molecular weight is 355 g/mol. The zero-order chi connectivity index (χ0) is 18.7. The fourth-order valence-electron chi connectivity index (χ4n) is 2.54. The molecule has 6 heteroatoms. The first-order valence-electron chi connectivity index (χ1n) is 8.53. The number of hydrogen-bond donors (Lipinski definition) is 1. The van der Waals surface area contributed by atoms with Gasteiger partial charge in [0.2, 0.25) is 16.9 Å². The Bertz CT molecular complexity index is 972. The van der Waals surface area contributed by atoms with Crippen LogP contribution in [0.15, 0.2) is 50.2 Å². The van der Waals surface area contributed by atoms with Crippen LogP contribution in [0.2, 0.25) is 0 Å². The van der Waals surface area contributed by atoms with Crippen LogP contribution in [0, 0.1) is 6.92 Å². The average Bonchev–Trinajstić information content (AvgIpc) is 3.14. The maximum atomic E-state index is 12.9. The Labute approximate surface area is 150 Å². The molecule has 26 heavy (non-hydrogen) atoms. The molecule has 1 atom stereocenters. The van der Waals surface area contributed by atoms with E-state index in [0.29, 0.717) is 16.7 Å². The summed E-state index contributed by atoms with van der Waals surface area (Å²) in [5, 5.41) is 3.19. The van der Waals surface area contributed by atoms with Crippen molar-refractivity contribution in [3.63, 3.8) is 0 Å². The van der Waals surface area contributed by atoms with Crippen LogP contribution >= 0.6 is 0 Å². The molecule has 0 aliphatic carbocycles. The summed E-state index contributed by atoms with van der Waals surface area (Å²) in [5.74, 6) is 0.209. The second kappa shape index (κ2) is 7.47. The van der Waals surface area contributed by atoms with Gasteiger partial charge in [-0.3, -0.25) is 9.59 Å². The SMILES string of the molecule is CC[C@@H](C)NC(=O)COc1c(-c2ccco2)oc2cc(C)ccc2c1=O. The third-order valence-electron chi connectivity index (χ3n) is 4.12. The van der Waals surface area contributed by atoms with E-state index in [-0.39, 0.29) is 35.5 Å². The van der Waals surface area contributed by atoms with Gasteiger partial charge in [0.05, 0.1) is 11.6 Å². The highest BCUT2D eigenvalue weighted by molar-refractivity contribution is 5.82. The van der Waals surface area contributed by atoms with Crippen LogP contribution in [0.3, 0.4) is 0 Å². The minimum absolute atomic E-state index is 0.0318. The molecule has 1 amide bonds. The highest BCUT2D eigenvalue weighted by atomic mass is 16.5. The van der Waals surface area contributed by atoms with E-state index >= 15 is 0 Å². The van der Waals surface area contributed by atoms with Gasteiger partial charge in [-0.05, 0) is 50.1 Å². The van der Waals surface area contributed by atoms with Crippen molar-refractivity contribution in [2.75, 3.05) is 6.61 Å². The summed E-state index contributed by atoms with van der Waals surface area (Å²) in [6.45, 7) is 5.51. The number of carbonyl (C=O) groups is 1. The van der Waals surface area contributed by atoms with Gasteiger partial charge in [-0.1, -0.05) is 13.0 Å². The second-order valence-electron chi connectivity index (χ2n) is 6.23. The Morgan fingerprint density at radius 1 is 1.31 bits per heavy atom. The van der Waals surface area contributed by atoms with E-state index in [9.17, 15) is 9.59 Å². The zero-order valence-electron chi connectivity index (χ0n) is 15.0. The minimum Gasteiger partial charge on any atom is -0.476 e. The molecule has 3 aromatic rings. The molecule has 0 radical (unpaired) electrons. The Morgan fingerprint density at radius 2 is 2.12 bits per heavy atom. The summed E-state index contributed by atoms with van der Waals surface area (Å²) < 4.78 is 16.8. The van der Waals surface area contributed by atoms with Crippen molar-refractivity contribution in [1.29, 1.82) is 0 Å². The number of furan rings is 1. The van der Waals surface area contributed by atoms with Gasteiger partial charge in [-0.25, -0.2) is 0 Å². The highest BCUT2D eigenvalue weighted by Crippen LogP contribution is 2.31. The predicted molar refractivity (Wildman–Crippen MR) is 98.3 cm³/mol. The van der Waals surface area contributed by atoms with E-state index in [1.54, 1.807) is 24.3 Å². The summed E-state index contributed by atoms with van der Waals surface area (Å²) in [4.78, 5) is 24.9. The molecule has 0 saturated carbocycles. The van der Waals surface area contributed by atoms with Crippen molar-refractivity contribution in [1.82, 2.24) is 5.32 Å². The molecule has 0 unspecified atom stereocenters. The topological polar surface area (TPSA) is 81.7 Å². The predicted octanol–water partition coefficient (Wildman–Crippen LogP) is 3.65. The first-order chi connectivity index (χ1) is 12.5. The fraction of sp³-hybridized carbons (Fsp3) is 0.300. The van der Waals surface area contributed by atoms with Gasteiger partial charge < -0.3 is 18.9 Å². The first kappa shape index (κ1) is 17.8.